The van der Waals surface area contributed by atoms with Crippen LogP contribution in [0.15, 0.2) is 28.3 Å². The Morgan fingerprint density at radius 2 is 2.00 bits per heavy atom. The van der Waals surface area contributed by atoms with Gasteiger partial charge in [-0.05, 0) is 35.0 Å². The Balaban J connectivity index is 1.55. The first-order valence-corrected chi connectivity index (χ1v) is 8.77. The lowest BCUT2D eigenvalue weighted by molar-refractivity contribution is 0.0623. The molecule has 1 saturated heterocycles. The zero-order chi connectivity index (χ0) is 15.5. The maximum absolute atomic E-state index is 12.4. The zero-order valence-corrected chi connectivity index (χ0v) is 14.7. The number of nitrogens with zero attached hydrogens (tertiary/aromatic N) is 4. The summed E-state index contributed by atoms with van der Waals surface area (Å²) in [4.78, 5) is 26.3. The summed E-state index contributed by atoms with van der Waals surface area (Å²) in [5.74, 6) is -0.0222. The van der Waals surface area contributed by atoms with Crippen molar-refractivity contribution in [3.63, 3.8) is 0 Å². The van der Waals surface area contributed by atoms with E-state index in [0.717, 1.165) is 42.2 Å². The van der Waals surface area contributed by atoms with Crippen LogP contribution in [-0.4, -0.2) is 51.9 Å². The number of piperazine rings is 1. The van der Waals surface area contributed by atoms with Crippen LogP contribution in [0.2, 0.25) is 0 Å². The van der Waals surface area contributed by atoms with Crippen LogP contribution in [0.4, 0.5) is 0 Å². The average Bonchev–Trinajstić information content (AvgIpc) is 2.93. The van der Waals surface area contributed by atoms with Gasteiger partial charge in [-0.2, -0.15) is 0 Å². The Hall–Kier alpha value is -1.31. The van der Waals surface area contributed by atoms with Crippen LogP contribution in [0.1, 0.15) is 21.1 Å². The standard InChI is InChI=1S/C15H17BrN4OS/c1-11-8-18-13(9-17-11)15(21)20-6-4-19(5-7-20)10-12-2-3-14(16)22-12/h2-3,8-9H,4-7,10H2,1H3. The van der Waals surface area contributed by atoms with Crippen molar-refractivity contribution in [3.05, 3.63) is 44.6 Å². The third-order valence-corrected chi connectivity index (χ3v) is 5.28. The fourth-order valence-electron chi connectivity index (χ4n) is 2.43. The smallest absolute Gasteiger partial charge is 0.274 e. The SMILES string of the molecule is Cc1cnc(C(=O)N2CCN(Cc3ccc(Br)s3)CC2)cn1. The van der Waals surface area contributed by atoms with Gasteiger partial charge in [0.15, 0.2) is 0 Å². The van der Waals surface area contributed by atoms with Gasteiger partial charge in [-0.15, -0.1) is 11.3 Å². The maximum atomic E-state index is 12.4. The molecule has 5 nitrogen and oxygen atoms in total. The highest BCUT2D eigenvalue weighted by molar-refractivity contribution is 9.11. The molecule has 0 bridgehead atoms. The van der Waals surface area contributed by atoms with Gasteiger partial charge < -0.3 is 4.90 Å². The van der Waals surface area contributed by atoms with E-state index in [4.69, 9.17) is 0 Å². The number of rotatable bonds is 3. The van der Waals surface area contributed by atoms with E-state index in [1.54, 1.807) is 23.7 Å². The number of hydrogen-bond acceptors (Lipinski definition) is 5. The van der Waals surface area contributed by atoms with Gasteiger partial charge in [-0.1, -0.05) is 0 Å². The van der Waals surface area contributed by atoms with Crippen molar-refractivity contribution in [3.8, 4) is 0 Å². The van der Waals surface area contributed by atoms with E-state index >= 15 is 0 Å². The van der Waals surface area contributed by atoms with Crippen LogP contribution in [-0.2, 0) is 6.54 Å². The first-order valence-electron chi connectivity index (χ1n) is 7.16. The molecule has 22 heavy (non-hydrogen) atoms. The van der Waals surface area contributed by atoms with Crippen molar-refractivity contribution in [1.29, 1.82) is 0 Å². The topological polar surface area (TPSA) is 49.3 Å². The molecule has 1 fully saturated rings. The van der Waals surface area contributed by atoms with E-state index in [-0.39, 0.29) is 5.91 Å². The van der Waals surface area contributed by atoms with E-state index in [1.165, 1.54) is 4.88 Å². The van der Waals surface area contributed by atoms with Crippen LogP contribution in [0.3, 0.4) is 0 Å². The lowest BCUT2D eigenvalue weighted by Crippen LogP contribution is -2.48. The van der Waals surface area contributed by atoms with E-state index in [9.17, 15) is 4.79 Å². The van der Waals surface area contributed by atoms with Gasteiger partial charge in [0.25, 0.3) is 5.91 Å². The monoisotopic (exact) mass is 380 g/mol. The molecule has 0 radical (unpaired) electrons. The number of hydrogen-bond donors (Lipinski definition) is 0. The Labute approximate surface area is 142 Å². The molecule has 2 aromatic rings. The molecule has 0 spiro atoms. The van der Waals surface area contributed by atoms with Gasteiger partial charge in [-0.3, -0.25) is 14.7 Å². The van der Waals surface area contributed by atoms with E-state index < -0.39 is 0 Å². The summed E-state index contributed by atoms with van der Waals surface area (Å²) >= 11 is 5.25. The summed E-state index contributed by atoms with van der Waals surface area (Å²) < 4.78 is 1.16. The Morgan fingerprint density at radius 1 is 1.23 bits per heavy atom. The summed E-state index contributed by atoms with van der Waals surface area (Å²) in [6, 6.07) is 4.23. The first kappa shape index (κ1) is 15.6. The van der Waals surface area contributed by atoms with Gasteiger partial charge in [0.05, 0.1) is 15.7 Å². The number of aromatic nitrogens is 2. The second-order valence-electron chi connectivity index (χ2n) is 5.32. The highest BCUT2D eigenvalue weighted by Crippen LogP contribution is 2.23. The van der Waals surface area contributed by atoms with Crippen LogP contribution < -0.4 is 0 Å². The minimum absolute atomic E-state index is 0.0222. The first-order chi connectivity index (χ1) is 10.6. The van der Waals surface area contributed by atoms with Crippen molar-refractivity contribution >= 4 is 33.2 Å². The lowest BCUT2D eigenvalue weighted by Gasteiger charge is -2.34. The van der Waals surface area contributed by atoms with Gasteiger partial charge in [-0.25, -0.2) is 4.98 Å². The molecule has 7 heteroatoms. The number of thiophene rings is 1. The van der Waals surface area contributed by atoms with Crippen molar-refractivity contribution < 1.29 is 4.79 Å². The molecule has 1 amide bonds. The Bertz CT molecular complexity index is 650. The number of halogens is 1. The van der Waals surface area contributed by atoms with Gasteiger partial charge in [0.2, 0.25) is 0 Å². The molecule has 0 aliphatic carbocycles. The third-order valence-electron chi connectivity index (χ3n) is 3.67. The molecular weight excluding hydrogens is 364 g/mol. The molecule has 0 unspecified atom stereocenters. The molecule has 2 aromatic heterocycles. The third kappa shape index (κ3) is 3.71. The molecule has 0 N–H and O–H groups in total. The minimum Gasteiger partial charge on any atom is -0.335 e. The Kier molecular flexibility index (Phi) is 4.85. The van der Waals surface area contributed by atoms with Gasteiger partial charge in [0.1, 0.15) is 5.69 Å². The van der Waals surface area contributed by atoms with Crippen molar-refractivity contribution in [2.45, 2.75) is 13.5 Å². The number of carbonyl (C=O) groups excluding carboxylic acids is 1. The number of carbonyl (C=O) groups is 1. The highest BCUT2D eigenvalue weighted by atomic mass is 79.9. The normalized spacial score (nSPS) is 16.0. The summed E-state index contributed by atoms with van der Waals surface area (Å²) in [6.45, 7) is 6.06. The quantitative estimate of drug-likeness (QED) is 0.820. The van der Waals surface area contributed by atoms with Crippen LogP contribution >= 0.6 is 27.3 Å². The highest BCUT2D eigenvalue weighted by Gasteiger charge is 2.23. The van der Waals surface area contributed by atoms with Crippen LogP contribution in [0.25, 0.3) is 0 Å². The molecule has 0 saturated carbocycles. The van der Waals surface area contributed by atoms with E-state index in [1.807, 2.05) is 11.8 Å². The summed E-state index contributed by atoms with van der Waals surface area (Å²) in [7, 11) is 0. The summed E-state index contributed by atoms with van der Waals surface area (Å²) in [6.07, 6.45) is 3.20. The molecule has 0 aromatic carbocycles. The minimum atomic E-state index is -0.0222. The van der Waals surface area contributed by atoms with E-state index in [2.05, 4.69) is 42.9 Å². The fourth-order valence-corrected chi connectivity index (χ4v) is 3.96. The van der Waals surface area contributed by atoms with Gasteiger partial charge in [0, 0.05) is 43.8 Å². The second kappa shape index (κ2) is 6.85. The molecule has 116 valence electrons. The number of aryl methyl sites for hydroxylation is 1. The van der Waals surface area contributed by atoms with Crippen molar-refractivity contribution in [2.24, 2.45) is 0 Å². The molecule has 1 aliphatic rings. The molecule has 1 aliphatic heterocycles. The predicted molar refractivity (Wildman–Crippen MR) is 90.0 cm³/mol. The zero-order valence-electron chi connectivity index (χ0n) is 12.3. The van der Waals surface area contributed by atoms with Crippen LogP contribution in [0.5, 0.6) is 0 Å². The van der Waals surface area contributed by atoms with Gasteiger partial charge >= 0.3 is 0 Å². The van der Waals surface area contributed by atoms with Crippen molar-refractivity contribution in [2.75, 3.05) is 26.2 Å². The molecule has 3 heterocycles. The molecule has 3 rings (SSSR count). The van der Waals surface area contributed by atoms with E-state index in [0.29, 0.717) is 5.69 Å². The number of amides is 1. The molecular formula is C15H17BrN4OS. The predicted octanol–water partition coefficient (Wildman–Crippen LogP) is 2.57. The maximum Gasteiger partial charge on any atom is 0.274 e. The summed E-state index contributed by atoms with van der Waals surface area (Å²) in [5.41, 5.74) is 1.25. The average molecular weight is 381 g/mol. The van der Waals surface area contributed by atoms with Crippen LogP contribution in [0, 0.1) is 6.92 Å². The molecule has 0 atom stereocenters. The van der Waals surface area contributed by atoms with Crippen molar-refractivity contribution in [1.82, 2.24) is 19.8 Å². The largest absolute Gasteiger partial charge is 0.335 e. The second-order valence-corrected chi connectivity index (χ2v) is 7.86. The lowest BCUT2D eigenvalue weighted by atomic mass is 10.2. The fraction of sp³-hybridized carbons (Fsp3) is 0.400. The Morgan fingerprint density at radius 3 is 2.59 bits per heavy atom. The summed E-state index contributed by atoms with van der Waals surface area (Å²) in [5, 5.41) is 0.